The van der Waals surface area contributed by atoms with Gasteiger partial charge in [0, 0.05) is 6.04 Å². The summed E-state index contributed by atoms with van der Waals surface area (Å²) in [5.74, 6) is -0.496. The summed E-state index contributed by atoms with van der Waals surface area (Å²) in [6.45, 7) is 3.39. The number of nitrogens with one attached hydrogen (secondary N) is 2. The van der Waals surface area contributed by atoms with Gasteiger partial charge in [0.05, 0.1) is 18.4 Å². The van der Waals surface area contributed by atoms with Crippen LogP contribution in [0.1, 0.15) is 18.9 Å². The van der Waals surface area contributed by atoms with Crippen molar-refractivity contribution in [3.05, 3.63) is 29.8 Å². The number of carbonyl (C=O) groups excluding carboxylic acids is 2. The molecule has 0 aliphatic carbocycles. The summed E-state index contributed by atoms with van der Waals surface area (Å²) < 4.78 is 30.2. The molecular formula is C13H18N2O5S. The second-order valence-electron chi connectivity index (χ2n) is 4.57. The average molecular weight is 314 g/mol. The van der Waals surface area contributed by atoms with Gasteiger partial charge in [0.25, 0.3) is 10.0 Å². The van der Waals surface area contributed by atoms with Crippen LogP contribution in [-0.2, 0) is 19.6 Å². The SMILES string of the molecule is COC(=O)CC(C)NC(=O)NS(=O)(=O)c1ccc(C)cc1. The monoisotopic (exact) mass is 314 g/mol. The fraction of sp³-hybridized carbons (Fsp3) is 0.385. The molecule has 0 aromatic heterocycles. The molecule has 1 atom stereocenters. The maximum Gasteiger partial charge on any atom is 0.328 e. The minimum Gasteiger partial charge on any atom is -0.469 e. The Morgan fingerprint density at radius 3 is 2.33 bits per heavy atom. The first-order valence-corrected chi connectivity index (χ1v) is 7.69. The van der Waals surface area contributed by atoms with E-state index in [0.29, 0.717) is 0 Å². The molecule has 2 amide bonds. The first-order valence-electron chi connectivity index (χ1n) is 6.21. The van der Waals surface area contributed by atoms with E-state index in [1.54, 1.807) is 19.1 Å². The Kier molecular flexibility index (Phi) is 5.71. The predicted molar refractivity (Wildman–Crippen MR) is 76.1 cm³/mol. The van der Waals surface area contributed by atoms with Crippen molar-refractivity contribution in [3.8, 4) is 0 Å². The molecule has 2 N–H and O–H groups in total. The Hall–Kier alpha value is -2.09. The number of aryl methyl sites for hydroxylation is 1. The van der Waals surface area contributed by atoms with Crippen molar-refractivity contribution in [1.29, 1.82) is 0 Å². The molecule has 0 fully saturated rings. The third-order valence-corrected chi connectivity index (χ3v) is 3.98. The maximum absolute atomic E-state index is 12.0. The largest absolute Gasteiger partial charge is 0.469 e. The van der Waals surface area contributed by atoms with Gasteiger partial charge in [0.1, 0.15) is 0 Å². The number of urea groups is 1. The summed E-state index contributed by atoms with van der Waals surface area (Å²) >= 11 is 0. The van der Waals surface area contributed by atoms with Crippen molar-refractivity contribution < 1.29 is 22.7 Å². The smallest absolute Gasteiger partial charge is 0.328 e. The lowest BCUT2D eigenvalue weighted by molar-refractivity contribution is -0.141. The summed E-state index contributed by atoms with van der Waals surface area (Å²) in [4.78, 5) is 22.6. The maximum atomic E-state index is 12.0. The van der Waals surface area contributed by atoms with Crippen LogP contribution in [-0.4, -0.2) is 33.6 Å². The van der Waals surface area contributed by atoms with E-state index in [2.05, 4.69) is 10.1 Å². The molecule has 0 spiro atoms. The molecule has 21 heavy (non-hydrogen) atoms. The quantitative estimate of drug-likeness (QED) is 0.787. The lowest BCUT2D eigenvalue weighted by atomic mass is 10.2. The van der Waals surface area contributed by atoms with E-state index >= 15 is 0 Å². The summed E-state index contributed by atoms with van der Waals surface area (Å²) in [5, 5.41) is 2.35. The van der Waals surface area contributed by atoms with Gasteiger partial charge in [-0.3, -0.25) is 4.79 Å². The van der Waals surface area contributed by atoms with Gasteiger partial charge in [0.2, 0.25) is 0 Å². The molecule has 7 nitrogen and oxygen atoms in total. The number of carbonyl (C=O) groups is 2. The van der Waals surface area contributed by atoms with Crippen LogP contribution in [0, 0.1) is 6.92 Å². The van der Waals surface area contributed by atoms with Crippen LogP contribution in [0.25, 0.3) is 0 Å². The van der Waals surface area contributed by atoms with Gasteiger partial charge < -0.3 is 10.1 Å². The van der Waals surface area contributed by atoms with Crippen LogP contribution in [0.2, 0.25) is 0 Å². The molecule has 116 valence electrons. The molecule has 0 aliphatic rings. The van der Waals surface area contributed by atoms with Crippen molar-refractivity contribution in [1.82, 2.24) is 10.0 Å². The van der Waals surface area contributed by atoms with Crippen LogP contribution in [0.5, 0.6) is 0 Å². The number of benzene rings is 1. The van der Waals surface area contributed by atoms with E-state index in [0.717, 1.165) is 5.56 Å². The first-order chi connectivity index (χ1) is 9.74. The molecule has 0 heterocycles. The Morgan fingerprint density at radius 1 is 1.24 bits per heavy atom. The molecule has 1 rings (SSSR count). The van der Waals surface area contributed by atoms with Crippen molar-refractivity contribution in [2.45, 2.75) is 31.2 Å². The molecule has 1 unspecified atom stereocenters. The van der Waals surface area contributed by atoms with Crippen molar-refractivity contribution >= 4 is 22.0 Å². The lowest BCUT2D eigenvalue weighted by Gasteiger charge is -2.13. The molecule has 0 saturated carbocycles. The van der Waals surface area contributed by atoms with Gasteiger partial charge in [-0.15, -0.1) is 0 Å². The standard InChI is InChI=1S/C13H18N2O5S/c1-9-4-6-11(7-5-9)21(18,19)15-13(17)14-10(2)8-12(16)20-3/h4-7,10H,8H2,1-3H3,(H2,14,15,17). The Labute approximate surface area is 123 Å². The first kappa shape index (κ1) is 17.0. The molecule has 0 saturated heterocycles. The number of hydrogen-bond acceptors (Lipinski definition) is 5. The zero-order valence-corrected chi connectivity index (χ0v) is 12.9. The minimum absolute atomic E-state index is 0.0103. The fourth-order valence-corrected chi connectivity index (χ4v) is 2.45. The van der Waals surface area contributed by atoms with Gasteiger partial charge in [0.15, 0.2) is 0 Å². The van der Waals surface area contributed by atoms with E-state index in [1.165, 1.54) is 19.2 Å². The van der Waals surface area contributed by atoms with E-state index in [4.69, 9.17) is 0 Å². The molecule has 8 heteroatoms. The highest BCUT2D eigenvalue weighted by Crippen LogP contribution is 2.09. The number of sulfonamides is 1. The van der Waals surface area contributed by atoms with Crippen molar-refractivity contribution in [3.63, 3.8) is 0 Å². The number of ether oxygens (including phenoxy) is 1. The third kappa shape index (κ3) is 5.42. The molecule has 0 bridgehead atoms. The normalized spacial score (nSPS) is 12.3. The van der Waals surface area contributed by atoms with Gasteiger partial charge in [-0.2, -0.15) is 0 Å². The van der Waals surface area contributed by atoms with Crippen molar-refractivity contribution in [2.75, 3.05) is 7.11 Å². The van der Waals surface area contributed by atoms with Gasteiger partial charge in [-0.1, -0.05) is 17.7 Å². The lowest BCUT2D eigenvalue weighted by Crippen LogP contribution is -2.44. The second kappa shape index (κ2) is 7.07. The van der Waals surface area contributed by atoms with Gasteiger partial charge in [-0.25, -0.2) is 17.9 Å². The summed E-state index contributed by atoms with van der Waals surface area (Å²) in [5.41, 5.74) is 0.908. The highest BCUT2D eigenvalue weighted by atomic mass is 32.2. The Balaban J connectivity index is 2.65. The van der Waals surface area contributed by atoms with Crippen LogP contribution in [0.4, 0.5) is 4.79 Å². The summed E-state index contributed by atoms with van der Waals surface area (Å²) in [7, 11) is -2.70. The Morgan fingerprint density at radius 2 is 1.81 bits per heavy atom. The van der Waals surface area contributed by atoms with Crippen molar-refractivity contribution in [2.24, 2.45) is 0 Å². The molecule has 0 aliphatic heterocycles. The third-order valence-electron chi connectivity index (χ3n) is 2.64. The van der Waals surface area contributed by atoms with E-state index in [-0.39, 0.29) is 11.3 Å². The molecular weight excluding hydrogens is 296 g/mol. The zero-order chi connectivity index (χ0) is 16.0. The van der Waals surface area contributed by atoms with Crippen LogP contribution in [0.3, 0.4) is 0 Å². The number of amides is 2. The predicted octanol–water partition coefficient (Wildman–Crippen LogP) is 0.935. The van der Waals surface area contributed by atoms with Crippen LogP contribution >= 0.6 is 0 Å². The Bertz CT molecular complexity index is 610. The van der Waals surface area contributed by atoms with E-state index in [1.807, 2.05) is 11.6 Å². The van der Waals surface area contributed by atoms with Gasteiger partial charge >= 0.3 is 12.0 Å². The molecule has 1 aromatic rings. The average Bonchev–Trinajstić information content (AvgIpc) is 2.37. The van der Waals surface area contributed by atoms with E-state index < -0.39 is 28.1 Å². The number of esters is 1. The number of methoxy groups -OCH3 is 1. The molecule has 0 radical (unpaired) electrons. The fourth-order valence-electron chi connectivity index (χ4n) is 1.54. The highest BCUT2D eigenvalue weighted by molar-refractivity contribution is 7.90. The van der Waals surface area contributed by atoms with Gasteiger partial charge in [-0.05, 0) is 26.0 Å². The van der Waals surface area contributed by atoms with Crippen LogP contribution < -0.4 is 10.0 Å². The minimum atomic E-state index is -3.93. The van der Waals surface area contributed by atoms with Crippen LogP contribution in [0.15, 0.2) is 29.2 Å². The zero-order valence-electron chi connectivity index (χ0n) is 12.0. The second-order valence-corrected chi connectivity index (χ2v) is 6.26. The number of hydrogen-bond donors (Lipinski definition) is 2. The summed E-state index contributed by atoms with van der Waals surface area (Å²) in [6.07, 6.45) is -0.0471. The topological polar surface area (TPSA) is 102 Å². The summed E-state index contributed by atoms with van der Waals surface area (Å²) in [6, 6.07) is 4.63. The molecule has 1 aromatic carbocycles. The van der Waals surface area contributed by atoms with E-state index in [9.17, 15) is 18.0 Å². The number of rotatable bonds is 5. The highest BCUT2D eigenvalue weighted by Gasteiger charge is 2.19.